The van der Waals surface area contributed by atoms with E-state index in [0.717, 1.165) is 45.2 Å². The van der Waals surface area contributed by atoms with Crippen LogP contribution in [-0.4, -0.2) is 39.1 Å². The first kappa shape index (κ1) is 21.3. The van der Waals surface area contributed by atoms with Gasteiger partial charge in [-0.2, -0.15) is 0 Å². The highest BCUT2D eigenvalue weighted by atomic mass is 16.4. The van der Waals surface area contributed by atoms with Crippen molar-refractivity contribution >= 4 is 34.4 Å². The number of hydrogen-bond acceptors (Lipinski definition) is 5. The maximum absolute atomic E-state index is 9.60. The highest BCUT2D eigenvalue weighted by molar-refractivity contribution is 6.59. The van der Waals surface area contributed by atoms with E-state index < -0.39 is 7.12 Å². The van der Waals surface area contributed by atoms with Crippen LogP contribution < -0.4 is 5.46 Å². The second-order valence-corrected chi connectivity index (χ2v) is 8.35. The summed E-state index contributed by atoms with van der Waals surface area (Å²) in [6.45, 7) is 1.37. The molecule has 0 fully saturated rings. The molecule has 6 heteroatoms. The minimum atomic E-state index is -1.46. The summed E-state index contributed by atoms with van der Waals surface area (Å²) >= 11 is 0. The van der Waals surface area contributed by atoms with Crippen molar-refractivity contribution in [2.75, 3.05) is 7.05 Å². The Morgan fingerprint density at radius 1 is 0.758 bits per heavy atom. The molecule has 0 amide bonds. The Kier molecular flexibility index (Phi) is 5.88. The van der Waals surface area contributed by atoms with Crippen LogP contribution in [0.15, 0.2) is 91.1 Å². The molecule has 0 saturated carbocycles. The van der Waals surface area contributed by atoms with Crippen molar-refractivity contribution in [1.82, 2.24) is 14.9 Å². The highest BCUT2D eigenvalue weighted by Crippen LogP contribution is 2.26. The third kappa shape index (κ3) is 4.50. The lowest BCUT2D eigenvalue weighted by Gasteiger charge is -2.19. The van der Waals surface area contributed by atoms with E-state index in [4.69, 9.17) is 4.98 Å². The molecular formula is C27H24BN3O2. The van der Waals surface area contributed by atoms with Gasteiger partial charge in [0.2, 0.25) is 0 Å². The maximum Gasteiger partial charge on any atom is 0.488 e. The monoisotopic (exact) mass is 433 g/mol. The fourth-order valence-electron chi connectivity index (χ4n) is 4.25. The zero-order valence-electron chi connectivity index (χ0n) is 18.4. The standard InChI is InChI=1S/C27H24BN3O2/c1-31(18-23-5-2-3-7-24(23)28(32)33)17-19-8-10-20(11-9-19)25-15-14-22-13-12-21-6-4-16-29-26(21)27(22)30-25/h2-16,32-33H,17-18H2,1H3. The largest absolute Gasteiger partial charge is 0.488 e. The third-order valence-corrected chi connectivity index (χ3v) is 5.91. The van der Waals surface area contributed by atoms with Crippen LogP contribution in [0.4, 0.5) is 0 Å². The molecule has 0 aliphatic carbocycles. The van der Waals surface area contributed by atoms with Crippen LogP contribution in [0.2, 0.25) is 0 Å². The van der Waals surface area contributed by atoms with E-state index in [-0.39, 0.29) is 0 Å². The predicted molar refractivity (Wildman–Crippen MR) is 134 cm³/mol. The Hall–Kier alpha value is -3.58. The van der Waals surface area contributed by atoms with Gasteiger partial charge in [0.15, 0.2) is 0 Å². The molecule has 0 saturated heterocycles. The van der Waals surface area contributed by atoms with Crippen LogP contribution in [0.5, 0.6) is 0 Å². The molecule has 5 aromatic rings. The normalized spacial score (nSPS) is 11.4. The minimum Gasteiger partial charge on any atom is -0.423 e. The molecule has 33 heavy (non-hydrogen) atoms. The number of nitrogens with zero attached hydrogens (tertiary/aromatic N) is 3. The van der Waals surface area contributed by atoms with Gasteiger partial charge in [-0.25, -0.2) is 4.98 Å². The van der Waals surface area contributed by atoms with Crippen molar-refractivity contribution in [3.8, 4) is 11.3 Å². The predicted octanol–water partition coefficient (Wildman–Crippen LogP) is 3.76. The van der Waals surface area contributed by atoms with Gasteiger partial charge in [0.25, 0.3) is 0 Å². The first-order valence-corrected chi connectivity index (χ1v) is 10.9. The molecule has 0 spiro atoms. The van der Waals surface area contributed by atoms with Crippen LogP contribution in [0.3, 0.4) is 0 Å². The Labute approximate surface area is 193 Å². The molecule has 0 aliphatic rings. The van der Waals surface area contributed by atoms with Crippen LogP contribution in [0.25, 0.3) is 33.1 Å². The van der Waals surface area contributed by atoms with E-state index in [0.29, 0.717) is 12.0 Å². The van der Waals surface area contributed by atoms with Crippen molar-refractivity contribution < 1.29 is 10.0 Å². The molecule has 5 nitrogen and oxygen atoms in total. The van der Waals surface area contributed by atoms with E-state index in [2.05, 4.69) is 64.5 Å². The summed E-state index contributed by atoms with van der Waals surface area (Å²) < 4.78 is 0. The van der Waals surface area contributed by atoms with Crippen molar-refractivity contribution in [3.63, 3.8) is 0 Å². The zero-order valence-corrected chi connectivity index (χ0v) is 18.4. The molecule has 2 N–H and O–H groups in total. The van der Waals surface area contributed by atoms with E-state index in [1.54, 1.807) is 12.3 Å². The van der Waals surface area contributed by atoms with Gasteiger partial charge in [-0.05, 0) is 35.8 Å². The maximum atomic E-state index is 9.60. The van der Waals surface area contributed by atoms with Crippen LogP contribution in [0, 0.1) is 0 Å². The Morgan fingerprint density at radius 2 is 1.48 bits per heavy atom. The van der Waals surface area contributed by atoms with Gasteiger partial charge in [0, 0.05) is 35.6 Å². The molecule has 0 atom stereocenters. The van der Waals surface area contributed by atoms with E-state index >= 15 is 0 Å². The molecule has 2 aromatic heterocycles. The van der Waals surface area contributed by atoms with Gasteiger partial charge in [-0.3, -0.25) is 9.88 Å². The smallest absolute Gasteiger partial charge is 0.423 e. The highest BCUT2D eigenvalue weighted by Gasteiger charge is 2.16. The third-order valence-electron chi connectivity index (χ3n) is 5.91. The van der Waals surface area contributed by atoms with Gasteiger partial charge < -0.3 is 10.0 Å². The number of benzene rings is 3. The van der Waals surface area contributed by atoms with Gasteiger partial charge in [0.05, 0.1) is 16.7 Å². The molecule has 3 aromatic carbocycles. The lowest BCUT2D eigenvalue weighted by atomic mass is 9.77. The summed E-state index contributed by atoms with van der Waals surface area (Å²) in [6.07, 6.45) is 1.81. The van der Waals surface area contributed by atoms with Crippen molar-refractivity contribution in [3.05, 3.63) is 102 Å². The van der Waals surface area contributed by atoms with Crippen molar-refractivity contribution in [2.45, 2.75) is 13.1 Å². The molecule has 0 aliphatic heterocycles. The summed E-state index contributed by atoms with van der Waals surface area (Å²) in [4.78, 5) is 11.6. The fraction of sp³-hybridized carbons (Fsp3) is 0.111. The number of pyridine rings is 2. The zero-order chi connectivity index (χ0) is 22.8. The molecule has 162 valence electrons. The van der Waals surface area contributed by atoms with Gasteiger partial charge >= 0.3 is 7.12 Å². The van der Waals surface area contributed by atoms with Crippen molar-refractivity contribution in [2.24, 2.45) is 0 Å². The average Bonchev–Trinajstić information content (AvgIpc) is 2.84. The SMILES string of the molecule is CN(Cc1ccc(-c2ccc3ccc4cccnc4c3n2)cc1)Cc1ccccc1B(O)O. The lowest BCUT2D eigenvalue weighted by Crippen LogP contribution is -2.34. The Bertz CT molecular complexity index is 1420. The number of hydrogen-bond donors (Lipinski definition) is 2. The average molecular weight is 433 g/mol. The Balaban J connectivity index is 1.35. The number of rotatable bonds is 6. The van der Waals surface area contributed by atoms with Crippen molar-refractivity contribution in [1.29, 1.82) is 0 Å². The molecule has 0 radical (unpaired) electrons. The lowest BCUT2D eigenvalue weighted by molar-refractivity contribution is 0.319. The van der Waals surface area contributed by atoms with Crippen LogP contribution in [-0.2, 0) is 13.1 Å². The summed E-state index contributed by atoms with van der Waals surface area (Å²) in [7, 11) is 0.563. The van der Waals surface area contributed by atoms with Gasteiger partial charge in [-0.1, -0.05) is 72.8 Å². The fourth-order valence-corrected chi connectivity index (χ4v) is 4.25. The van der Waals surface area contributed by atoms with Crippen LogP contribution >= 0.6 is 0 Å². The first-order chi connectivity index (χ1) is 16.1. The quantitative estimate of drug-likeness (QED) is 0.315. The van der Waals surface area contributed by atoms with Crippen LogP contribution in [0.1, 0.15) is 11.1 Å². The molecule has 5 rings (SSSR count). The van der Waals surface area contributed by atoms with Gasteiger partial charge in [-0.15, -0.1) is 0 Å². The Morgan fingerprint density at radius 3 is 2.27 bits per heavy atom. The summed E-state index contributed by atoms with van der Waals surface area (Å²) in [5.41, 5.74) is 6.45. The first-order valence-electron chi connectivity index (χ1n) is 10.9. The van der Waals surface area contributed by atoms with E-state index in [9.17, 15) is 10.0 Å². The molecular weight excluding hydrogens is 409 g/mol. The second-order valence-electron chi connectivity index (χ2n) is 8.35. The molecule has 2 heterocycles. The van der Waals surface area contributed by atoms with E-state index in [1.807, 2.05) is 31.3 Å². The number of aromatic nitrogens is 2. The topological polar surface area (TPSA) is 69.5 Å². The molecule has 0 unspecified atom stereocenters. The number of fused-ring (bicyclic) bond motifs is 3. The summed E-state index contributed by atoms with van der Waals surface area (Å²) in [5, 5.41) is 21.4. The van der Waals surface area contributed by atoms with E-state index in [1.165, 1.54) is 5.56 Å². The second kappa shape index (κ2) is 9.12. The minimum absolute atomic E-state index is 0.545. The summed E-state index contributed by atoms with van der Waals surface area (Å²) in [6, 6.07) is 28.2. The summed E-state index contributed by atoms with van der Waals surface area (Å²) in [5.74, 6) is 0. The van der Waals surface area contributed by atoms with Gasteiger partial charge in [0.1, 0.15) is 0 Å². The molecule has 0 bridgehead atoms.